The molecular weight excluding hydrogens is 328 g/mol. The summed E-state index contributed by atoms with van der Waals surface area (Å²) in [5.41, 5.74) is 0.904. The predicted octanol–water partition coefficient (Wildman–Crippen LogP) is 0.930. The quantitative estimate of drug-likeness (QED) is 0.820. The fourth-order valence-electron chi connectivity index (χ4n) is 3.15. The average Bonchev–Trinajstić information content (AvgIpc) is 3.08. The van der Waals surface area contributed by atoms with Crippen LogP contribution in [0, 0.1) is 6.92 Å². The van der Waals surface area contributed by atoms with Gasteiger partial charge in [0.15, 0.2) is 0 Å². The van der Waals surface area contributed by atoms with Crippen LogP contribution in [0.2, 0.25) is 0 Å². The van der Waals surface area contributed by atoms with Crippen molar-refractivity contribution < 1.29 is 9.59 Å². The van der Waals surface area contributed by atoms with Crippen LogP contribution in [-0.4, -0.2) is 43.3 Å². The van der Waals surface area contributed by atoms with E-state index in [1.54, 1.807) is 24.0 Å². The number of amides is 3. The van der Waals surface area contributed by atoms with Gasteiger partial charge < -0.3 is 5.32 Å². The van der Waals surface area contributed by atoms with Gasteiger partial charge in [-0.3, -0.25) is 18.9 Å². The van der Waals surface area contributed by atoms with Crippen molar-refractivity contribution in [3.05, 3.63) is 46.0 Å². The lowest BCUT2D eigenvalue weighted by molar-refractivity contribution is -0.130. The minimum Gasteiger partial charge on any atom is -0.322 e. The largest absolute Gasteiger partial charge is 0.325 e. The number of carbonyl (C=O) groups excluding carboxylic acids is 2. The van der Waals surface area contributed by atoms with E-state index in [0.717, 1.165) is 11.3 Å². The molecule has 2 saturated heterocycles. The summed E-state index contributed by atoms with van der Waals surface area (Å²) < 4.78 is 1.44. The molecule has 1 atom stereocenters. The topological polar surface area (TPSA) is 83.8 Å². The number of hydrogen-bond donors (Lipinski definition) is 1. The molecular formula is C16H16N4O3S. The highest BCUT2D eigenvalue weighted by Crippen LogP contribution is 2.33. The van der Waals surface area contributed by atoms with Crippen molar-refractivity contribution in [1.29, 1.82) is 0 Å². The van der Waals surface area contributed by atoms with Gasteiger partial charge in [0, 0.05) is 18.0 Å². The molecule has 0 aliphatic carbocycles. The van der Waals surface area contributed by atoms with Crippen LogP contribution in [-0.2, 0) is 11.3 Å². The number of imide groups is 1. The summed E-state index contributed by atoms with van der Waals surface area (Å²) in [6.45, 7) is 1.93. The van der Waals surface area contributed by atoms with Crippen LogP contribution < -0.4 is 10.9 Å². The molecule has 4 rings (SSSR count). The number of nitrogens with zero attached hydrogens (tertiary/aromatic N) is 3. The smallest absolute Gasteiger partial charge is 0.322 e. The molecule has 3 amide bonds. The van der Waals surface area contributed by atoms with E-state index in [0.29, 0.717) is 23.5 Å². The van der Waals surface area contributed by atoms with Crippen LogP contribution in [0.5, 0.6) is 0 Å². The molecule has 24 heavy (non-hydrogen) atoms. The SMILES string of the molecule is Cc1ccn2c(=O)cc(CN3C(=O)N[C@]4(CCSC4)C3=O)nc2c1. The lowest BCUT2D eigenvalue weighted by Crippen LogP contribution is -2.46. The molecule has 0 saturated carbocycles. The second-order valence-electron chi connectivity index (χ2n) is 6.22. The summed E-state index contributed by atoms with van der Waals surface area (Å²) in [6.07, 6.45) is 2.31. The van der Waals surface area contributed by atoms with E-state index in [2.05, 4.69) is 10.3 Å². The number of rotatable bonds is 2. The number of nitrogens with one attached hydrogen (secondary N) is 1. The number of fused-ring (bicyclic) bond motifs is 1. The summed E-state index contributed by atoms with van der Waals surface area (Å²) in [5.74, 6) is 1.24. The fraction of sp³-hybridized carbons (Fsp3) is 0.375. The van der Waals surface area contributed by atoms with E-state index in [9.17, 15) is 14.4 Å². The number of pyridine rings is 1. The first-order valence-corrected chi connectivity index (χ1v) is 8.85. The summed E-state index contributed by atoms with van der Waals surface area (Å²) >= 11 is 1.66. The molecule has 0 radical (unpaired) electrons. The minimum absolute atomic E-state index is 0.0107. The van der Waals surface area contributed by atoms with Gasteiger partial charge in [0.2, 0.25) is 0 Å². The Hall–Kier alpha value is -2.35. The van der Waals surface area contributed by atoms with Crippen molar-refractivity contribution in [2.24, 2.45) is 0 Å². The molecule has 2 aliphatic heterocycles. The first-order valence-electron chi connectivity index (χ1n) is 7.69. The highest BCUT2D eigenvalue weighted by Gasteiger charge is 2.52. The van der Waals surface area contributed by atoms with E-state index in [4.69, 9.17) is 0 Å². The molecule has 2 fully saturated rings. The molecule has 4 heterocycles. The van der Waals surface area contributed by atoms with Gasteiger partial charge in [0.25, 0.3) is 11.5 Å². The molecule has 8 heteroatoms. The van der Waals surface area contributed by atoms with Crippen LogP contribution in [0.3, 0.4) is 0 Å². The first kappa shape index (κ1) is 15.2. The zero-order valence-corrected chi connectivity index (χ0v) is 13.9. The summed E-state index contributed by atoms with van der Waals surface area (Å²) in [5, 5.41) is 2.82. The Kier molecular flexibility index (Phi) is 3.38. The Balaban J connectivity index is 1.68. The van der Waals surface area contributed by atoms with Crippen molar-refractivity contribution in [2.75, 3.05) is 11.5 Å². The monoisotopic (exact) mass is 344 g/mol. The molecule has 0 aromatic carbocycles. The maximum absolute atomic E-state index is 12.7. The number of aryl methyl sites for hydroxylation is 1. The molecule has 1 N–H and O–H groups in total. The van der Waals surface area contributed by atoms with Crippen molar-refractivity contribution in [1.82, 2.24) is 19.6 Å². The molecule has 0 unspecified atom stereocenters. The van der Waals surface area contributed by atoms with Gasteiger partial charge in [-0.15, -0.1) is 0 Å². The standard InChI is InChI=1S/C16H16N4O3S/c1-10-2-4-19-12(6-10)17-11(7-13(19)21)8-20-14(22)16(18-15(20)23)3-5-24-9-16/h2,4,6-7H,3,5,8-9H2,1H3,(H,18,23)/t16-/m0/s1. The summed E-state index contributed by atoms with van der Waals surface area (Å²) in [7, 11) is 0. The second-order valence-corrected chi connectivity index (χ2v) is 7.33. The number of thioether (sulfide) groups is 1. The fourth-order valence-corrected chi connectivity index (χ4v) is 4.47. The van der Waals surface area contributed by atoms with E-state index >= 15 is 0 Å². The van der Waals surface area contributed by atoms with E-state index in [-0.39, 0.29) is 18.0 Å². The molecule has 0 bridgehead atoms. The lowest BCUT2D eigenvalue weighted by atomic mass is 9.99. The number of urea groups is 1. The van der Waals surface area contributed by atoms with E-state index in [1.165, 1.54) is 15.4 Å². The summed E-state index contributed by atoms with van der Waals surface area (Å²) in [4.78, 5) is 42.7. The molecule has 7 nitrogen and oxygen atoms in total. The van der Waals surface area contributed by atoms with Gasteiger partial charge in [0.05, 0.1) is 12.2 Å². The van der Waals surface area contributed by atoms with Crippen molar-refractivity contribution in [3.8, 4) is 0 Å². The lowest BCUT2D eigenvalue weighted by Gasteiger charge is -2.19. The van der Waals surface area contributed by atoms with Crippen LogP contribution in [0.25, 0.3) is 5.65 Å². The van der Waals surface area contributed by atoms with Gasteiger partial charge in [-0.2, -0.15) is 11.8 Å². The maximum atomic E-state index is 12.7. The Morgan fingerprint density at radius 2 is 2.17 bits per heavy atom. The second kappa shape index (κ2) is 5.34. The molecule has 2 aromatic heterocycles. The van der Waals surface area contributed by atoms with Gasteiger partial charge in [-0.25, -0.2) is 9.78 Å². The Bertz CT molecular complexity index is 917. The molecule has 1 spiro atoms. The maximum Gasteiger partial charge on any atom is 0.325 e. The predicted molar refractivity (Wildman–Crippen MR) is 90.0 cm³/mol. The normalized spacial score (nSPS) is 23.5. The molecule has 2 aliphatic rings. The van der Waals surface area contributed by atoms with Crippen LogP contribution >= 0.6 is 11.8 Å². The third-order valence-corrected chi connectivity index (χ3v) is 5.65. The Morgan fingerprint density at radius 3 is 2.92 bits per heavy atom. The van der Waals surface area contributed by atoms with Crippen LogP contribution in [0.1, 0.15) is 17.7 Å². The number of aromatic nitrogens is 2. The Morgan fingerprint density at radius 1 is 1.33 bits per heavy atom. The minimum atomic E-state index is -0.774. The number of hydrogen-bond acceptors (Lipinski definition) is 5. The van der Waals surface area contributed by atoms with Crippen molar-refractivity contribution in [2.45, 2.75) is 25.4 Å². The first-order chi connectivity index (χ1) is 11.5. The van der Waals surface area contributed by atoms with Gasteiger partial charge in [-0.1, -0.05) is 0 Å². The average molecular weight is 344 g/mol. The zero-order chi connectivity index (χ0) is 16.9. The zero-order valence-electron chi connectivity index (χ0n) is 13.1. The van der Waals surface area contributed by atoms with Crippen LogP contribution in [0.15, 0.2) is 29.2 Å². The third kappa shape index (κ3) is 2.29. The third-order valence-electron chi connectivity index (χ3n) is 4.46. The van der Waals surface area contributed by atoms with Gasteiger partial charge >= 0.3 is 6.03 Å². The molecule has 2 aromatic rings. The Labute approximate surface area is 142 Å². The molecule has 124 valence electrons. The van der Waals surface area contributed by atoms with Crippen LogP contribution in [0.4, 0.5) is 4.79 Å². The van der Waals surface area contributed by atoms with E-state index in [1.807, 2.05) is 13.0 Å². The number of carbonyl (C=O) groups is 2. The van der Waals surface area contributed by atoms with Gasteiger partial charge in [-0.05, 0) is 36.8 Å². The van der Waals surface area contributed by atoms with Crippen molar-refractivity contribution >= 4 is 29.3 Å². The van der Waals surface area contributed by atoms with Gasteiger partial charge in [0.1, 0.15) is 11.2 Å². The van der Waals surface area contributed by atoms with Crippen molar-refractivity contribution in [3.63, 3.8) is 0 Å². The highest BCUT2D eigenvalue weighted by atomic mass is 32.2. The highest BCUT2D eigenvalue weighted by molar-refractivity contribution is 7.99. The summed E-state index contributed by atoms with van der Waals surface area (Å²) in [6, 6.07) is 4.59. The van der Waals surface area contributed by atoms with E-state index < -0.39 is 11.6 Å².